The van der Waals surface area contributed by atoms with E-state index in [1.807, 2.05) is 13.8 Å². The molecule has 1 aliphatic heterocycles. The maximum atomic E-state index is 12.0. The molecule has 17 heavy (non-hydrogen) atoms. The van der Waals surface area contributed by atoms with Gasteiger partial charge in [0, 0.05) is 0 Å². The zero-order valence-corrected chi connectivity index (χ0v) is 10.2. The summed E-state index contributed by atoms with van der Waals surface area (Å²) in [5.41, 5.74) is 0. The molecule has 0 bridgehead atoms. The van der Waals surface area contributed by atoms with Gasteiger partial charge in [0.15, 0.2) is 0 Å². The maximum Gasteiger partial charge on any atom is 0.331 e. The van der Waals surface area contributed by atoms with Crippen molar-refractivity contribution in [1.29, 1.82) is 0 Å². The number of nitrogens with zero attached hydrogens (tertiary/aromatic N) is 1. The fourth-order valence-corrected chi connectivity index (χ4v) is 1.82. The average molecular weight is 236 g/mol. The van der Waals surface area contributed by atoms with Crippen LogP contribution in [0.4, 0.5) is 4.79 Å². The summed E-state index contributed by atoms with van der Waals surface area (Å²) in [5.74, 6) is 0.507. The Morgan fingerprint density at radius 1 is 1.41 bits per heavy atom. The van der Waals surface area contributed by atoms with Gasteiger partial charge in [-0.2, -0.15) is 0 Å². The zero-order chi connectivity index (χ0) is 13.2. The Bertz CT molecular complexity index is 395. The summed E-state index contributed by atoms with van der Waals surface area (Å²) in [5, 5.41) is 2.16. The third-order valence-electron chi connectivity index (χ3n) is 2.79. The molecule has 4 amide bonds. The molecule has 0 radical (unpaired) electrons. The normalized spacial score (nSPS) is 22.4. The molecule has 5 heteroatoms. The molecular weight excluding hydrogens is 220 g/mol. The van der Waals surface area contributed by atoms with Gasteiger partial charge in [-0.25, -0.2) is 9.69 Å². The van der Waals surface area contributed by atoms with Gasteiger partial charge >= 0.3 is 6.03 Å². The first-order valence-corrected chi connectivity index (χ1v) is 5.58. The lowest BCUT2D eigenvalue weighted by Gasteiger charge is -2.34. The Morgan fingerprint density at radius 2 is 2.00 bits per heavy atom. The number of hydrogen-bond donors (Lipinski definition) is 1. The summed E-state index contributed by atoms with van der Waals surface area (Å²) >= 11 is 0. The number of hydrogen-bond acceptors (Lipinski definition) is 3. The fraction of sp³-hybridized carbons (Fsp3) is 0.583. The number of barbiturate groups is 1. The van der Waals surface area contributed by atoms with Crippen molar-refractivity contribution >= 4 is 17.8 Å². The van der Waals surface area contributed by atoms with Crippen LogP contribution >= 0.6 is 0 Å². The van der Waals surface area contributed by atoms with E-state index >= 15 is 0 Å². The monoisotopic (exact) mass is 236 g/mol. The number of terminal acetylenes is 1. The second kappa shape index (κ2) is 5.00. The van der Waals surface area contributed by atoms with Crippen LogP contribution in [0.1, 0.15) is 27.2 Å². The average Bonchev–Trinajstić information content (AvgIpc) is 2.23. The van der Waals surface area contributed by atoms with Crippen LogP contribution in [0.2, 0.25) is 0 Å². The number of imide groups is 2. The Labute approximate surface area is 101 Å². The largest absolute Gasteiger partial charge is 0.331 e. The van der Waals surface area contributed by atoms with Gasteiger partial charge in [0.1, 0.15) is 12.0 Å². The molecule has 0 aromatic heterocycles. The molecule has 1 saturated heterocycles. The molecule has 0 aromatic carbocycles. The summed E-state index contributed by atoms with van der Waals surface area (Å²) in [4.78, 5) is 36.1. The van der Waals surface area contributed by atoms with E-state index in [1.165, 1.54) is 0 Å². The van der Waals surface area contributed by atoms with Crippen molar-refractivity contribution in [3.63, 3.8) is 0 Å². The van der Waals surface area contributed by atoms with E-state index in [2.05, 4.69) is 11.2 Å². The van der Waals surface area contributed by atoms with Crippen LogP contribution in [0, 0.1) is 24.2 Å². The van der Waals surface area contributed by atoms with Crippen LogP contribution in [0.5, 0.6) is 0 Å². The minimum absolute atomic E-state index is 0.0552. The highest BCUT2D eigenvalue weighted by Gasteiger charge is 2.42. The quantitative estimate of drug-likeness (QED) is 0.581. The van der Waals surface area contributed by atoms with Gasteiger partial charge < -0.3 is 0 Å². The second-order valence-electron chi connectivity index (χ2n) is 4.32. The molecule has 1 heterocycles. The number of carbonyl (C=O) groups is 3. The van der Waals surface area contributed by atoms with Crippen LogP contribution in [-0.4, -0.2) is 28.8 Å². The van der Waals surface area contributed by atoms with Crippen molar-refractivity contribution < 1.29 is 14.4 Å². The minimum atomic E-state index is -0.817. The lowest BCUT2D eigenvalue weighted by molar-refractivity contribution is -0.143. The summed E-state index contributed by atoms with van der Waals surface area (Å²) in [6, 6.07) is -1.34. The molecule has 0 aliphatic carbocycles. The van der Waals surface area contributed by atoms with Gasteiger partial charge in [-0.1, -0.05) is 26.7 Å². The Kier molecular flexibility index (Phi) is 3.89. The highest BCUT2D eigenvalue weighted by molar-refractivity contribution is 6.16. The lowest BCUT2D eigenvalue weighted by atomic mass is 9.97. The highest BCUT2D eigenvalue weighted by atomic mass is 16.2. The third-order valence-corrected chi connectivity index (χ3v) is 2.79. The summed E-state index contributed by atoms with van der Waals surface area (Å²) < 4.78 is 0. The Hall–Kier alpha value is -1.83. The highest BCUT2D eigenvalue weighted by Crippen LogP contribution is 2.19. The molecule has 5 nitrogen and oxygen atoms in total. The Balaban J connectivity index is 3.06. The number of amides is 4. The van der Waals surface area contributed by atoms with Gasteiger partial charge in [0.05, 0.1) is 0 Å². The topological polar surface area (TPSA) is 66.5 Å². The lowest BCUT2D eigenvalue weighted by Crippen LogP contribution is -2.61. The number of nitrogens with one attached hydrogen (secondary N) is 1. The van der Waals surface area contributed by atoms with Gasteiger partial charge in [0.25, 0.3) is 0 Å². The van der Waals surface area contributed by atoms with E-state index in [4.69, 9.17) is 6.42 Å². The zero-order valence-electron chi connectivity index (χ0n) is 10.2. The summed E-state index contributed by atoms with van der Waals surface area (Å²) in [6.07, 6.45) is 5.69. The number of carbonyl (C=O) groups excluding carboxylic acids is 3. The minimum Gasteiger partial charge on any atom is -0.277 e. The number of rotatable bonds is 3. The van der Waals surface area contributed by atoms with E-state index < -0.39 is 29.8 Å². The van der Waals surface area contributed by atoms with Crippen LogP contribution in [0.3, 0.4) is 0 Å². The molecule has 0 spiro atoms. The van der Waals surface area contributed by atoms with Crippen molar-refractivity contribution in [1.82, 2.24) is 10.2 Å². The van der Waals surface area contributed by atoms with Gasteiger partial charge in [-0.05, 0) is 12.3 Å². The molecular formula is C12H16N2O3. The van der Waals surface area contributed by atoms with Crippen LogP contribution < -0.4 is 5.32 Å². The molecule has 92 valence electrons. The smallest absolute Gasteiger partial charge is 0.277 e. The molecule has 1 rings (SSSR count). The predicted octanol–water partition coefficient (Wildman–Crippen LogP) is 0.749. The number of urea groups is 1. The van der Waals surface area contributed by atoms with E-state index in [9.17, 15) is 14.4 Å². The van der Waals surface area contributed by atoms with E-state index in [-0.39, 0.29) is 5.92 Å². The van der Waals surface area contributed by atoms with Crippen molar-refractivity contribution in [2.24, 2.45) is 11.8 Å². The van der Waals surface area contributed by atoms with Gasteiger partial charge in [-0.15, -0.1) is 6.42 Å². The molecule has 2 atom stereocenters. The van der Waals surface area contributed by atoms with Crippen molar-refractivity contribution in [2.45, 2.75) is 33.2 Å². The molecule has 1 aliphatic rings. The van der Waals surface area contributed by atoms with Gasteiger partial charge in [-0.3, -0.25) is 14.9 Å². The summed E-state index contributed by atoms with van der Waals surface area (Å²) in [6.45, 7) is 5.36. The SMILES string of the molecule is C#CC(C(C)C)N1C(=O)NC(=O)C(CC)C1=O. The van der Waals surface area contributed by atoms with Gasteiger partial charge in [0.2, 0.25) is 11.8 Å². The summed E-state index contributed by atoms with van der Waals surface area (Å²) in [7, 11) is 0. The van der Waals surface area contributed by atoms with Crippen molar-refractivity contribution in [3.8, 4) is 12.3 Å². The standard InChI is InChI=1S/C12H16N2O3/c1-5-8-10(15)13-12(17)14(11(8)16)9(6-2)7(3)4/h2,7-9H,5H2,1,3-4H3,(H,13,15,17). The van der Waals surface area contributed by atoms with E-state index in [0.29, 0.717) is 6.42 Å². The Morgan fingerprint density at radius 3 is 2.41 bits per heavy atom. The molecule has 2 unspecified atom stereocenters. The second-order valence-corrected chi connectivity index (χ2v) is 4.32. The van der Waals surface area contributed by atoms with E-state index in [1.54, 1.807) is 6.92 Å². The predicted molar refractivity (Wildman–Crippen MR) is 61.6 cm³/mol. The molecule has 0 aromatic rings. The van der Waals surface area contributed by atoms with Crippen LogP contribution in [0.25, 0.3) is 0 Å². The van der Waals surface area contributed by atoms with Crippen LogP contribution in [0.15, 0.2) is 0 Å². The van der Waals surface area contributed by atoms with Crippen LogP contribution in [-0.2, 0) is 9.59 Å². The first-order valence-electron chi connectivity index (χ1n) is 5.58. The third kappa shape index (κ3) is 2.31. The molecule has 1 N–H and O–H groups in total. The molecule has 1 fully saturated rings. The maximum absolute atomic E-state index is 12.0. The van der Waals surface area contributed by atoms with E-state index in [0.717, 1.165) is 4.90 Å². The molecule has 0 saturated carbocycles. The van der Waals surface area contributed by atoms with Crippen molar-refractivity contribution in [2.75, 3.05) is 0 Å². The van der Waals surface area contributed by atoms with Crippen molar-refractivity contribution in [3.05, 3.63) is 0 Å². The first kappa shape index (κ1) is 13.2. The fourth-order valence-electron chi connectivity index (χ4n) is 1.82. The first-order chi connectivity index (χ1) is 7.93.